The number of carbonyl (C=O) groups excluding carboxylic acids is 1. The quantitative estimate of drug-likeness (QED) is 0.768. The SMILES string of the molecule is N[C@H](Cc1ccccc1)C(=O)NCCN1CCOCC1. The van der Waals surface area contributed by atoms with Crippen LogP contribution in [0.3, 0.4) is 0 Å². The number of benzene rings is 1. The molecule has 0 spiro atoms. The zero-order valence-electron chi connectivity index (χ0n) is 11.8. The Labute approximate surface area is 120 Å². The van der Waals surface area contributed by atoms with Gasteiger partial charge in [0.15, 0.2) is 0 Å². The van der Waals surface area contributed by atoms with Gasteiger partial charge in [-0.1, -0.05) is 30.3 Å². The molecule has 1 aliphatic heterocycles. The third-order valence-electron chi connectivity index (χ3n) is 3.47. The second kappa shape index (κ2) is 7.99. The maximum Gasteiger partial charge on any atom is 0.237 e. The van der Waals surface area contributed by atoms with E-state index < -0.39 is 6.04 Å². The highest BCUT2D eigenvalue weighted by Crippen LogP contribution is 2.02. The van der Waals surface area contributed by atoms with Crippen LogP contribution >= 0.6 is 0 Å². The minimum atomic E-state index is -0.484. The molecule has 0 unspecified atom stereocenters. The van der Waals surface area contributed by atoms with Crippen molar-refractivity contribution in [3.63, 3.8) is 0 Å². The van der Waals surface area contributed by atoms with E-state index in [1.54, 1.807) is 0 Å². The molecule has 0 aliphatic carbocycles. The lowest BCUT2D eigenvalue weighted by Gasteiger charge is -2.26. The number of ether oxygens (including phenoxy) is 1. The van der Waals surface area contributed by atoms with E-state index in [0.717, 1.165) is 38.4 Å². The number of hydrogen-bond donors (Lipinski definition) is 2. The van der Waals surface area contributed by atoms with Gasteiger partial charge < -0.3 is 15.8 Å². The number of nitrogens with zero attached hydrogens (tertiary/aromatic N) is 1. The van der Waals surface area contributed by atoms with Gasteiger partial charge in [0.25, 0.3) is 0 Å². The molecule has 1 atom stereocenters. The third-order valence-corrected chi connectivity index (χ3v) is 3.47. The molecule has 5 heteroatoms. The van der Waals surface area contributed by atoms with E-state index in [1.807, 2.05) is 30.3 Å². The number of carbonyl (C=O) groups is 1. The highest BCUT2D eigenvalue weighted by atomic mass is 16.5. The fourth-order valence-electron chi connectivity index (χ4n) is 2.25. The molecule has 1 aromatic carbocycles. The first-order valence-corrected chi connectivity index (χ1v) is 7.13. The van der Waals surface area contributed by atoms with Gasteiger partial charge in [0.2, 0.25) is 5.91 Å². The van der Waals surface area contributed by atoms with Crippen LogP contribution in [0.1, 0.15) is 5.56 Å². The van der Waals surface area contributed by atoms with Crippen LogP contribution < -0.4 is 11.1 Å². The predicted octanol–water partition coefficient (Wildman–Crippen LogP) is 0.00480. The Morgan fingerprint density at radius 3 is 2.70 bits per heavy atom. The van der Waals surface area contributed by atoms with Crippen LogP contribution in [-0.2, 0) is 16.0 Å². The van der Waals surface area contributed by atoms with E-state index in [-0.39, 0.29) is 5.91 Å². The summed E-state index contributed by atoms with van der Waals surface area (Å²) < 4.78 is 5.28. The van der Waals surface area contributed by atoms with E-state index in [1.165, 1.54) is 0 Å². The van der Waals surface area contributed by atoms with Crippen LogP contribution in [0, 0.1) is 0 Å². The topological polar surface area (TPSA) is 67.6 Å². The summed E-state index contributed by atoms with van der Waals surface area (Å²) >= 11 is 0. The standard InChI is InChI=1S/C15H23N3O2/c16-14(12-13-4-2-1-3-5-13)15(19)17-6-7-18-8-10-20-11-9-18/h1-5,14H,6-12,16H2,(H,17,19)/t14-/m1/s1. The summed E-state index contributed by atoms with van der Waals surface area (Å²) in [4.78, 5) is 14.2. The maximum atomic E-state index is 11.9. The van der Waals surface area contributed by atoms with Crippen LogP contribution in [0.2, 0.25) is 0 Å². The lowest BCUT2D eigenvalue weighted by molar-refractivity contribution is -0.122. The molecule has 1 amide bonds. The number of hydrogen-bond acceptors (Lipinski definition) is 4. The zero-order valence-corrected chi connectivity index (χ0v) is 11.8. The first kappa shape index (κ1) is 15.0. The van der Waals surface area contributed by atoms with Crippen LogP contribution in [-0.4, -0.2) is 56.2 Å². The van der Waals surface area contributed by atoms with Crippen molar-refractivity contribution in [2.75, 3.05) is 39.4 Å². The van der Waals surface area contributed by atoms with E-state index >= 15 is 0 Å². The van der Waals surface area contributed by atoms with E-state index in [0.29, 0.717) is 13.0 Å². The zero-order chi connectivity index (χ0) is 14.2. The van der Waals surface area contributed by atoms with Crippen molar-refractivity contribution in [3.8, 4) is 0 Å². The average Bonchev–Trinajstić information content (AvgIpc) is 2.49. The Morgan fingerprint density at radius 2 is 2.00 bits per heavy atom. The summed E-state index contributed by atoms with van der Waals surface area (Å²) in [5.41, 5.74) is 7.01. The van der Waals surface area contributed by atoms with E-state index in [4.69, 9.17) is 10.5 Å². The van der Waals surface area contributed by atoms with Gasteiger partial charge in [-0.05, 0) is 12.0 Å². The number of amides is 1. The minimum Gasteiger partial charge on any atom is -0.379 e. The summed E-state index contributed by atoms with van der Waals surface area (Å²) in [6.45, 7) is 4.93. The van der Waals surface area contributed by atoms with Gasteiger partial charge in [-0.25, -0.2) is 0 Å². The van der Waals surface area contributed by atoms with Crippen LogP contribution in [0.4, 0.5) is 0 Å². The highest BCUT2D eigenvalue weighted by Gasteiger charge is 2.14. The van der Waals surface area contributed by atoms with Gasteiger partial charge in [0.05, 0.1) is 19.3 Å². The third kappa shape index (κ3) is 4.92. The number of rotatable bonds is 6. The predicted molar refractivity (Wildman–Crippen MR) is 78.4 cm³/mol. The Bertz CT molecular complexity index is 405. The maximum absolute atomic E-state index is 11.9. The fourth-order valence-corrected chi connectivity index (χ4v) is 2.25. The monoisotopic (exact) mass is 277 g/mol. The second-order valence-electron chi connectivity index (χ2n) is 5.04. The van der Waals surface area contributed by atoms with Crippen molar-refractivity contribution in [3.05, 3.63) is 35.9 Å². The second-order valence-corrected chi connectivity index (χ2v) is 5.04. The van der Waals surface area contributed by atoms with Crippen molar-refractivity contribution < 1.29 is 9.53 Å². The van der Waals surface area contributed by atoms with Crippen LogP contribution in [0.25, 0.3) is 0 Å². The number of morpholine rings is 1. The number of nitrogens with two attached hydrogens (primary N) is 1. The smallest absolute Gasteiger partial charge is 0.237 e. The Hall–Kier alpha value is -1.43. The Kier molecular flexibility index (Phi) is 5.98. The molecule has 20 heavy (non-hydrogen) atoms. The van der Waals surface area contributed by atoms with Crippen molar-refractivity contribution >= 4 is 5.91 Å². The van der Waals surface area contributed by atoms with E-state index in [2.05, 4.69) is 10.2 Å². The summed E-state index contributed by atoms with van der Waals surface area (Å²) in [6.07, 6.45) is 0.574. The first-order valence-electron chi connectivity index (χ1n) is 7.13. The Morgan fingerprint density at radius 1 is 1.30 bits per heavy atom. The van der Waals surface area contributed by atoms with Gasteiger partial charge in [0, 0.05) is 26.2 Å². The molecule has 0 aromatic heterocycles. The fraction of sp³-hybridized carbons (Fsp3) is 0.533. The average molecular weight is 277 g/mol. The van der Waals surface area contributed by atoms with Crippen molar-refractivity contribution in [2.24, 2.45) is 5.73 Å². The van der Waals surface area contributed by atoms with Gasteiger partial charge in [0.1, 0.15) is 0 Å². The van der Waals surface area contributed by atoms with Crippen LogP contribution in [0.15, 0.2) is 30.3 Å². The largest absolute Gasteiger partial charge is 0.379 e. The van der Waals surface area contributed by atoms with Crippen molar-refractivity contribution in [2.45, 2.75) is 12.5 Å². The van der Waals surface area contributed by atoms with Crippen molar-refractivity contribution in [1.29, 1.82) is 0 Å². The number of nitrogens with one attached hydrogen (secondary N) is 1. The molecule has 1 aromatic rings. The van der Waals surface area contributed by atoms with Gasteiger partial charge in [-0.3, -0.25) is 9.69 Å². The molecule has 0 bridgehead atoms. The highest BCUT2D eigenvalue weighted by molar-refractivity contribution is 5.81. The lowest BCUT2D eigenvalue weighted by atomic mass is 10.1. The first-order chi connectivity index (χ1) is 9.75. The summed E-state index contributed by atoms with van der Waals surface area (Å²) in [7, 11) is 0. The molecule has 5 nitrogen and oxygen atoms in total. The summed E-state index contributed by atoms with van der Waals surface area (Å²) in [5.74, 6) is -0.0814. The van der Waals surface area contributed by atoms with Gasteiger partial charge >= 0.3 is 0 Å². The molecule has 1 aliphatic rings. The lowest BCUT2D eigenvalue weighted by Crippen LogP contribution is -2.46. The Balaban J connectivity index is 1.66. The molecular formula is C15H23N3O2. The molecule has 0 radical (unpaired) electrons. The molecule has 1 saturated heterocycles. The molecule has 1 heterocycles. The molecular weight excluding hydrogens is 254 g/mol. The molecule has 3 N–H and O–H groups in total. The van der Waals surface area contributed by atoms with Gasteiger partial charge in [-0.2, -0.15) is 0 Å². The molecule has 110 valence electrons. The van der Waals surface area contributed by atoms with E-state index in [9.17, 15) is 4.79 Å². The normalized spacial score (nSPS) is 17.6. The minimum absolute atomic E-state index is 0.0814. The summed E-state index contributed by atoms with van der Waals surface area (Å²) in [5, 5.41) is 2.90. The molecule has 0 saturated carbocycles. The van der Waals surface area contributed by atoms with Gasteiger partial charge in [-0.15, -0.1) is 0 Å². The summed E-state index contributed by atoms with van der Waals surface area (Å²) in [6, 6.07) is 9.36. The van der Waals surface area contributed by atoms with Crippen molar-refractivity contribution in [1.82, 2.24) is 10.2 Å². The van der Waals surface area contributed by atoms with Crippen LogP contribution in [0.5, 0.6) is 0 Å². The molecule has 2 rings (SSSR count). The molecule has 1 fully saturated rings.